The molecule has 0 bridgehead atoms. The highest BCUT2D eigenvalue weighted by molar-refractivity contribution is 6.06. The van der Waals surface area contributed by atoms with Crippen molar-refractivity contribution < 1.29 is 0 Å². The standard InChI is InChI=1S/C8H18N2Si/c1-7(2,3)9-11-10-8(4,5)6/h1-6H3. The lowest BCUT2D eigenvalue weighted by Gasteiger charge is -2.11. The number of hydrogen-bond donors (Lipinski definition) is 0. The average molecular weight is 170 g/mol. The molecule has 0 amide bonds. The fourth-order valence-corrected chi connectivity index (χ4v) is 0.975. The Hall–Kier alpha value is -0.183. The van der Waals surface area contributed by atoms with E-state index in [-0.39, 0.29) is 11.1 Å². The van der Waals surface area contributed by atoms with Gasteiger partial charge in [0.1, 0.15) is 0 Å². The van der Waals surface area contributed by atoms with Crippen LogP contribution in [0.15, 0.2) is 9.27 Å². The number of hydrogen-bond acceptors (Lipinski definition) is 2. The Labute approximate surface area is 71.7 Å². The molecular formula is C8H18N2Si. The molecule has 0 heterocycles. The van der Waals surface area contributed by atoms with Crippen LogP contribution in [0.2, 0.25) is 0 Å². The van der Waals surface area contributed by atoms with Gasteiger partial charge in [0.05, 0.1) is 11.1 Å². The van der Waals surface area contributed by atoms with Crippen molar-refractivity contribution in [2.75, 3.05) is 0 Å². The quantitative estimate of drug-likeness (QED) is 0.499. The maximum absolute atomic E-state index is 4.40. The Morgan fingerprint density at radius 1 is 0.727 bits per heavy atom. The Kier molecular flexibility index (Phi) is 3.42. The summed E-state index contributed by atoms with van der Waals surface area (Å²) in [5.41, 5.74) is 0.125. The Morgan fingerprint density at radius 3 is 1.18 bits per heavy atom. The molecule has 0 aromatic carbocycles. The maximum atomic E-state index is 4.40. The average Bonchev–Trinajstić information content (AvgIpc) is 1.55. The summed E-state index contributed by atoms with van der Waals surface area (Å²) in [4.78, 5) is 0. The van der Waals surface area contributed by atoms with Gasteiger partial charge >= 0.3 is 0 Å². The molecule has 3 heteroatoms. The predicted octanol–water partition coefficient (Wildman–Crippen LogP) is 2.65. The number of nitrogens with zero attached hydrogens (tertiary/aromatic N) is 2. The van der Waals surface area contributed by atoms with Gasteiger partial charge in [-0.25, -0.2) is 0 Å². The maximum Gasteiger partial charge on any atom is 0.214 e. The normalized spacial score (nSPS) is 12.2. The van der Waals surface area contributed by atoms with Crippen molar-refractivity contribution in [1.29, 1.82) is 0 Å². The van der Waals surface area contributed by atoms with E-state index in [0.29, 0.717) is 9.10 Å². The molecule has 0 aromatic rings. The molecule has 11 heavy (non-hydrogen) atoms. The van der Waals surface area contributed by atoms with Crippen LogP contribution in [0, 0.1) is 0 Å². The summed E-state index contributed by atoms with van der Waals surface area (Å²) in [6, 6.07) is 0. The molecule has 0 atom stereocenters. The van der Waals surface area contributed by atoms with Crippen LogP contribution < -0.4 is 0 Å². The highest BCUT2D eigenvalue weighted by Gasteiger charge is 2.06. The zero-order valence-corrected chi connectivity index (χ0v) is 9.39. The molecule has 0 aliphatic carbocycles. The fraction of sp³-hybridized carbons (Fsp3) is 1.00. The van der Waals surface area contributed by atoms with E-state index in [9.17, 15) is 0 Å². The van der Waals surface area contributed by atoms with E-state index in [0.717, 1.165) is 0 Å². The Balaban J connectivity index is 4.25. The van der Waals surface area contributed by atoms with E-state index in [1.54, 1.807) is 0 Å². The summed E-state index contributed by atoms with van der Waals surface area (Å²) in [5, 5.41) is 0. The molecule has 0 aliphatic heterocycles. The third kappa shape index (κ3) is 9.82. The third-order valence-corrected chi connectivity index (χ3v) is 2.31. The van der Waals surface area contributed by atoms with Crippen molar-refractivity contribution in [3.63, 3.8) is 0 Å². The molecular weight excluding hydrogens is 152 g/mol. The van der Waals surface area contributed by atoms with Crippen molar-refractivity contribution >= 4 is 9.10 Å². The van der Waals surface area contributed by atoms with Gasteiger partial charge in [0, 0.05) is 0 Å². The first-order chi connectivity index (χ1) is 4.71. The first kappa shape index (κ1) is 10.8. The van der Waals surface area contributed by atoms with Gasteiger partial charge in [0.25, 0.3) is 0 Å². The van der Waals surface area contributed by atoms with Crippen LogP contribution in [-0.2, 0) is 0 Å². The summed E-state index contributed by atoms with van der Waals surface area (Å²) in [7, 11) is 0.385. The smallest absolute Gasteiger partial charge is 0.214 e. The summed E-state index contributed by atoms with van der Waals surface area (Å²) < 4.78 is 8.81. The SMILES string of the molecule is CC(C)(C)N=[Si]=NC(C)(C)C. The van der Waals surface area contributed by atoms with Crippen LogP contribution in [0.5, 0.6) is 0 Å². The van der Waals surface area contributed by atoms with Gasteiger partial charge in [0.2, 0.25) is 9.10 Å². The number of rotatable bonds is 0. The van der Waals surface area contributed by atoms with E-state index in [1.807, 2.05) is 0 Å². The first-order valence-corrected chi connectivity index (χ1v) is 4.79. The van der Waals surface area contributed by atoms with Gasteiger partial charge in [-0.05, 0) is 41.5 Å². The topological polar surface area (TPSA) is 24.7 Å². The van der Waals surface area contributed by atoms with Gasteiger partial charge in [-0.3, -0.25) is 9.27 Å². The highest BCUT2D eigenvalue weighted by atomic mass is 28.2. The molecule has 0 aromatic heterocycles. The van der Waals surface area contributed by atoms with Crippen LogP contribution in [0.25, 0.3) is 0 Å². The van der Waals surface area contributed by atoms with Crippen molar-refractivity contribution in [2.24, 2.45) is 9.27 Å². The zero-order chi connectivity index (χ0) is 9.12. The zero-order valence-electron chi connectivity index (χ0n) is 8.39. The monoisotopic (exact) mass is 170 g/mol. The summed E-state index contributed by atoms with van der Waals surface area (Å²) >= 11 is 0. The molecule has 0 saturated heterocycles. The van der Waals surface area contributed by atoms with Crippen molar-refractivity contribution in [2.45, 2.75) is 52.6 Å². The van der Waals surface area contributed by atoms with E-state index in [1.165, 1.54) is 0 Å². The van der Waals surface area contributed by atoms with Gasteiger partial charge in [-0.15, -0.1) is 0 Å². The van der Waals surface area contributed by atoms with Crippen LogP contribution in [0.3, 0.4) is 0 Å². The molecule has 0 rings (SSSR count). The van der Waals surface area contributed by atoms with E-state index in [2.05, 4.69) is 50.8 Å². The Bertz CT molecular complexity index is 159. The highest BCUT2D eigenvalue weighted by Crippen LogP contribution is 2.06. The second kappa shape index (κ2) is 3.48. The van der Waals surface area contributed by atoms with Crippen molar-refractivity contribution in [3.05, 3.63) is 0 Å². The second-order valence-electron chi connectivity index (χ2n) is 4.67. The van der Waals surface area contributed by atoms with Gasteiger partial charge in [-0.1, -0.05) is 0 Å². The van der Waals surface area contributed by atoms with Crippen LogP contribution in [0.1, 0.15) is 41.5 Å². The van der Waals surface area contributed by atoms with E-state index in [4.69, 9.17) is 0 Å². The molecule has 0 fully saturated rings. The molecule has 0 N–H and O–H groups in total. The van der Waals surface area contributed by atoms with Gasteiger partial charge < -0.3 is 0 Å². The largest absolute Gasteiger partial charge is 0.267 e. The van der Waals surface area contributed by atoms with Crippen LogP contribution >= 0.6 is 0 Å². The summed E-state index contributed by atoms with van der Waals surface area (Å²) in [6.07, 6.45) is 0. The molecule has 64 valence electrons. The second-order valence-corrected chi connectivity index (χ2v) is 5.31. The van der Waals surface area contributed by atoms with Crippen molar-refractivity contribution in [3.8, 4) is 0 Å². The van der Waals surface area contributed by atoms with Gasteiger partial charge in [-0.2, -0.15) is 0 Å². The molecule has 0 spiro atoms. The molecule has 2 nitrogen and oxygen atoms in total. The molecule has 0 saturated carbocycles. The molecule has 0 unspecified atom stereocenters. The fourth-order valence-electron chi connectivity index (χ4n) is 0.325. The summed E-state index contributed by atoms with van der Waals surface area (Å²) in [5.74, 6) is 0. The van der Waals surface area contributed by atoms with E-state index >= 15 is 0 Å². The Morgan fingerprint density at radius 2 is 1.00 bits per heavy atom. The van der Waals surface area contributed by atoms with E-state index < -0.39 is 0 Å². The minimum absolute atomic E-state index is 0.0627. The van der Waals surface area contributed by atoms with Gasteiger partial charge in [0.15, 0.2) is 0 Å². The molecule has 0 radical (unpaired) electrons. The molecule has 0 aliphatic rings. The minimum Gasteiger partial charge on any atom is -0.267 e. The summed E-state index contributed by atoms with van der Waals surface area (Å²) in [6.45, 7) is 12.6. The van der Waals surface area contributed by atoms with Crippen LogP contribution in [0.4, 0.5) is 0 Å². The predicted molar refractivity (Wildman–Crippen MR) is 50.1 cm³/mol. The lowest BCUT2D eigenvalue weighted by Crippen LogP contribution is -2.11. The lowest BCUT2D eigenvalue weighted by atomic mass is 10.1. The first-order valence-electron chi connectivity index (χ1n) is 3.89. The third-order valence-electron chi connectivity index (χ3n) is 0.771. The lowest BCUT2D eigenvalue weighted by molar-refractivity contribution is 0.576. The minimum atomic E-state index is 0.0627. The van der Waals surface area contributed by atoms with Crippen molar-refractivity contribution in [1.82, 2.24) is 0 Å². The van der Waals surface area contributed by atoms with Crippen LogP contribution in [-0.4, -0.2) is 20.2 Å².